The van der Waals surface area contributed by atoms with E-state index in [1.165, 1.54) is 19.1 Å². The summed E-state index contributed by atoms with van der Waals surface area (Å²) in [5.74, 6) is -0.612. The van der Waals surface area contributed by atoms with E-state index in [0.29, 0.717) is 12.2 Å². The molecule has 1 aromatic carbocycles. The zero-order valence-electron chi connectivity index (χ0n) is 13.1. The van der Waals surface area contributed by atoms with Gasteiger partial charge in [-0.05, 0) is 44.4 Å². The SMILES string of the molecule is Cc1ccc(C(F)(F)F)c(NC(=O)C(C)OCC2CCCO2)c1. The molecule has 0 aliphatic carbocycles. The van der Waals surface area contributed by atoms with E-state index in [4.69, 9.17) is 9.47 Å². The van der Waals surface area contributed by atoms with Crippen molar-refractivity contribution >= 4 is 11.6 Å². The van der Waals surface area contributed by atoms with Crippen LogP contribution in [0.1, 0.15) is 30.9 Å². The fourth-order valence-corrected chi connectivity index (χ4v) is 2.35. The quantitative estimate of drug-likeness (QED) is 0.898. The summed E-state index contributed by atoms with van der Waals surface area (Å²) in [6.45, 7) is 4.10. The molecule has 1 aliphatic heterocycles. The molecule has 2 atom stereocenters. The highest BCUT2D eigenvalue weighted by molar-refractivity contribution is 5.94. The summed E-state index contributed by atoms with van der Waals surface area (Å²) in [6, 6.07) is 3.62. The molecule has 2 unspecified atom stereocenters. The first kappa shape index (κ1) is 17.7. The predicted molar refractivity (Wildman–Crippen MR) is 79.2 cm³/mol. The van der Waals surface area contributed by atoms with Gasteiger partial charge in [0, 0.05) is 6.61 Å². The smallest absolute Gasteiger partial charge is 0.376 e. The van der Waals surface area contributed by atoms with Gasteiger partial charge in [-0.3, -0.25) is 4.79 Å². The molecule has 1 fully saturated rings. The average molecular weight is 331 g/mol. The first-order chi connectivity index (χ1) is 10.8. The van der Waals surface area contributed by atoms with Gasteiger partial charge in [-0.25, -0.2) is 0 Å². The lowest BCUT2D eigenvalue weighted by atomic mass is 10.1. The van der Waals surface area contributed by atoms with E-state index in [1.54, 1.807) is 6.92 Å². The molecular formula is C16H20F3NO3. The number of carbonyl (C=O) groups is 1. The minimum absolute atomic E-state index is 0.0463. The zero-order chi connectivity index (χ0) is 17.0. The lowest BCUT2D eigenvalue weighted by Gasteiger charge is -2.18. The number of carbonyl (C=O) groups excluding carboxylic acids is 1. The first-order valence-corrected chi connectivity index (χ1v) is 7.49. The van der Waals surface area contributed by atoms with Gasteiger partial charge in [-0.2, -0.15) is 13.2 Å². The van der Waals surface area contributed by atoms with E-state index in [0.717, 1.165) is 18.9 Å². The van der Waals surface area contributed by atoms with Gasteiger partial charge in [-0.1, -0.05) is 6.07 Å². The molecular weight excluding hydrogens is 311 g/mol. The summed E-state index contributed by atoms with van der Waals surface area (Å²) in [6.07, 6.45) is -3.62. The van der Waals surface area contributed by atoms with Crippen molar-refractivity contribution in [3.05, 3.63) is 29.3 Å². The standard InChI is InChI=1S/C16H20F3NO3/c1-10-5-6-13(16(17,18)19)14(8-10)20-15(21)11(2)23-9-12-4-3-7-22-12/h5-6,8,11-12H,3-4,7,9H2,1-2H3,(H,20,21). The van der Waals surface area contributed by atoms with E-state index in [2.05, 4.69) is 5.32 Å². The van der Waals surface area contributed by atoms with Gasteiger partial charge in [0.25, 0.3) is 5.91 Å². The van der Waals surface area contributed by atoms with E-state index in [-0.39, 0.29) is 18.4 Å². The van der Waals surface area contributed by atoms with E-state index in [9.17, 15) is 18.0 Å². The Morgan fingerprint density at radius 2 is 2.22 bits per heavy atom. The highest BCUT2D eigenvalue weighted by Gasteiger charge is 2.34. The van der Waals surface area contributed by atoms with Gasteiger partial charge < -0.3 is 14.8 Å². The summed E-state index contributed by atoms with van der Waals surface area (Å²) in [5, 5.41) is 2.31. The van der Waals surface area contributed by atoms with Gasteiger partial charge in [0.05, 0.1) is 24.0 Å². The Bertz CT molecular complexity index is 554. The zero-order valence-corrected chi connectivity index (χ0v) is 13.1. The number of alkyl halides is 3. The summed E-state index contributed by atoms with van der Waals surface area (Å²) < 4.78 is 49.7. The van der Waals surface area contributed by atoms with E-state index < -0.39 is 23.8 Å². The lowest BCUT2D eigenvalue weighted by molar-refractivity contribution is -0.137. The largest absolute Gasteiger partial charge is 0.418 e. The van der Waals surface area contributed by atoms with Crippen molar-refractivity contribution in [3.63, 3.8) is 0 Å². The minimum atomic E-state index is -4.53. The second kappa shape index (κ2) is 7.31. The van der Waals surface area contributed by atoms with Crippen LogP contribution in [0, 0.1) is 6.92 Å². The molecule has 4 nitrogen and oxygen atoms in total. The van der Waals surface area contributed by atoms with Gasteiger partial charge >= 0.3 is 6.18 Å². The maximum absolute atomic E-state index is 13.0. The number of ether oxygens (including phenoxy) is 2. The van der Waals surface area contributed by atoms with Crippen LogP contribution in [-0.2, 0) is 20.4 Å². The Kier molecular flexibility index (Phi) is 5.64. The molecule has 7 heteroatoms. The molecule has 0 bridgehead atoms. The minimum Gasteiger partial charge on any atom is -0.376 e. The maximum Gasteiger partial charge on any atom is 0.418 e. The number of benzene rings is 1. The fourth-order valence-electron chi connectivity index (χ4n) is 2.35. The molecule has 1 aliphatic rings. The molecule has 1 saturated heterocycles. The van der Waals surface area contributed by atoms with Crippen LogP contribution >= 0.6 is 0 Å². The third kappa shape index (κ3) is 4.94. The Morgan fingerprint density at radius 1 is 1.48 bits per heavy atom. The van der Waals surface area contributed by atoms with Gasteiger partial charge in [-0.15, -0.1) is 0 Å². The molecule has 1 N–H and O–H groups in total. The van der Waals surface area contributed by atoms with Gasteiger partial charge in [0.2, 0.25) is 0 Å². The molecule has 1 heterocycles. The molecule has 0 saturated carbocycles. The monoisotopic (exact) mass is 331 g/mol. The highest BCUT2D eigenvalue weighted by atomic mass is 19.4. The van der Waals surface area contributed by atoms with Crippen molar-refractivity contribution in [1.82, 2.24) is 0 Å². The number of rotatable bonds is 5. The Balaban J connectivity index is 1.99. The number of anilines is 1. The molecule has 23 heavy (non-hydrogen) atoms. The molecule has 0 aromatic heterocycles. The van der Waals surface area contributed by atoms with Gasteiger partial charge in [0.15, 0.2) is 0 Å². The number of halogens is 3. The third-order valence-corrected chi connectivity index (χ3v) is 3.66. The lowest BCUT2D eigenvalue weighted by Crippen LogP contribution is -2.31. The Hall–Kier alpha value is -1.60. The molecule has 1 aromatic rings. The van der Waals surface area contributed by atoms with Crippen LogP contribution in [0.5, 0.6) is 0 Å². The predicted octanol–water partition coefficient (Wildman–Crippen LogP) is 3.54. The van der Waals surface area contributed by atoms with Crippen LogP contribution in [0.2, 0.25) is 0 Å². The van der Waals surface area contributed by atoms with Crippen molar-refractivity contribution in [3.8, 4) is 0 Å². The summed E-state index contributed by atoms with van der Waals surface area (Å²) in [7, 11) is 0. The number of amides is 1. The van der Waals surface area contributed by atoms with Crippen molar-refractivity contribution in [2.75, 3.05) is 18.5 Å². The summed E-state index contributed by atoms with van der Waals surface area (Å²) in [4.78, 5) is 12.1. The Labute approximate surface area is 133 Å². The number of hydrogen-bond donors (Lipinski definition) is 1. The number of nitrogens with one attached hydrogen (secondary N) is 1. The van der Waals surface area contributed by atoms with Crippen molar-refractivity contribution in [1.29, 1.82) is 0 Å². The maximum atomic E-state index is 13.0. The second-order valence-corrected chi connectivity index (χ2v) is 5.65. The van der Waals surface area contributed by atoms with Crippen LogP contribution < -0.4 is 5.32 Å². The van der Waals surface area contributed by atoms with E-state index in [1.807, 2.05) is 0 Å². The van der Waals surface area contributed by atoms with Crippen molar-refractivity contribution in [2.24, 2.45) is 0 Å². The van der Waals surface area contributed by atoms with Crippen LogP contribution in [0.3, 0.4) is 0 Å². The van der Waals surface area contributed by atoms with Crippen LogP contribution in [0.15, 0.2) is 18.2 Å². The van der Waals surface area contributed by atoms with Crippen LogP contribution in [0.4, 0.5) is 18.9 Å². The molecule has 2 rings (SSSR count). The highest BCUT2D eigenvalue weighted by Crippen LogP contribution is 2.35. The van der Waals surface area contributed by atoms with Crippen LogP contribution in [-0.4, -0.2) is 31.3 Å². The first-order valence-electron chi connectivity index (χ1n) is 7.49. The molecule has 0 radical (unpaired) electrons. The Morgan fingerprint density at radius 3 is 2.83 bits per heavy atom. The molecule has 1 amide bonds. The van der Waals surface area contributed by atoms with Crippen molar-refractivity contribution < 1.29 is 27.4 Å². The average Bonchev–Trinajstić information content (AvgIpc) is 2.96. The second-order valence-electron chi connectivity index (χ2n) is 5.65. The van der Waals surface area contributed by atoms with Crippen molar-refractivity contribution in [2.45, 2.75) is 45.1 Å². The normalized spacial score (nSPS) is 19.6. The summed E-state index contributed by atoms with van der Waals surface area (Å²) in [5.41, 5.74) is -0.501. The van der Waals surface area contributed by atoms with Crippen LogP contribution in [0.25, 0.3) is 0 Å². The fraction of sp³-hybridized carbons (Fsp3) is 0.562. The topological polar surface area (TPSA) is 47.6 Å². The number of aryl methyl sites for hydroxylation is 1. The third-order valence-electron chi connectivity index (χ3n) is 3.66. The number of hydrogen-bond acceptors (Lipinski definition) is 3. The molecule has 128 valence electrons. The van der Waals surface area contributed by atoms with E-state index >= 15 is 0 Å². The molecule has 0 spiro atoms. The van der Waals surface area contributed by atoms with Gasteiger partial charge in [0.1, 0.15) is 6.10 Å². The summed E-state index contributed by atoms with van der Waals surface area (Å²) >= 11 is 0.